The zero-order valence-corrected chi connectivity index (χ0v) is 60.9. The molecule has 94 heavy (non-hydrogen) atoms. The van der Waals surface area contributed by atoms with E-state index in [-0.39, 0.29) is 25.7 Å². The van der Waals surface area contributed by atoms with Gasteiger partial charge in [0, 0.05) is 19.3 Å². The van der Waals surface area contributed by atoms with Gasteiger partial charge in [-0.3, -0.25) is 37.3 Å². The molecule has 0 aromatic heterocycles. The Morgan fingerprint density at radius 3 is 0.947 bits per heavy atom. The summed E-state index contributed by atoms with van der Waals surface area (Å²) in [5, 5.41) is 10.6. The van der Waals surface area contributed by atoms with Gasteiger partial charge in [0.1, 0.15) is 19.3 Å². The molecule has 5 atom stereocenters. The summed E-state index contributed by atoms with van der Waals surface area (Å²) in [6.07, 6.45) is 67.6. The molecule has 3 N–H and O–H groups in total. The van der Waals surface area contributed by atoms with Crippen molar-refractivity contribution in [3.63, 3.8) is 0 Å². The van der Waals surface area contributed by atoms with Crippen LogP contribution in [0.1, 0.15) is 310 Å². The molecule has 19 heteroatoms. The fraction of sp³-hybridized carbons (Fsp3) is 0.760. The Balaban J connectivity index is 5.39. The molecule has 0 aliphatic rings. The van der Waals surface area contributed by atoms with Crippen LogP contribution in [-0.4, -0.2) is 96.7 Å². The molecule has 0 heterocycles. The topological polar surface area (TPSA) is 237 Å². The van der Waals surface area contributed by atoms with Crippen molar-refractivity contribution in [3.8, 4) is 0 Å². The summed E-state index contributed by atoms with van der Waals surface area (Å²) in [6.45, 7) is 4.61. The van der Waals surface area contributed by atoms with Crippen molar-refractivity contribution in [2.75, 3.05) is 39.6 Å². The van der Waals surface area contributed by atoms with Gasteiger partial charge in [-0.25, -0.2) is 9.13 Å². The van der Waals surface area contributed by atoms with Crippen LogP contribution >= 0.6 is 15.6 Å². The monoisotopic (exact) mass is 1370 g/mol. The number of rotatable bonds is 69. The van der Waals surface area contributed by atoms with Crippen LogP contribution in [0, 0.1) is 0 Å². The zero-order chi connectivity index (χ0) is 69.0. The van der Waals surface area contributed by atoms with Crippen molar-refractivity contribution >= 4 is 39.5 Å². The van der Waals surface area contributed by atoms with E-state index in [2.05, 4.69) is 88.5 Å². The number of phosphoric acid groups is 2. The van der Waals surface area contributed by atoms with Crippen molar-refractivity contribution in [1.82, 2.24) is 0 Å². The maximum atomic E-state index is 13.0. The SMILES string of the molecule is CC/C=C\C/C=C\C/C=C\C/C=C\C/C=C\CC(=O)OCC(COP(=O)(O)OCC(O)COP(=O)(O)OCC(COC(=O)CCCCCCC/C=C\CCCCCC)OC(=O)CCCCCCCCCCCCCCC)OC(=O)CCCCCCC/C=C\CCCCCC. The van der Waals surface area contributed by atoms with Gasteiger partial charge in [0.2, 0.25) is 0 Å². The molecule has 0 aromatic rings. The molecular formula is C75H132O17P2. The average molecular weight is 1370 g/mol. The van der Waals surface area contributed by atoms with Gasteiger partial charge >= 0.3 is 39.5 Å². The number of aliphatic hydroxyl groups is 1. The van der Waals surface area contributed by atoms with Gasteiger partial charge in [0.15, 0.2) is 12.2 Å². The molecule has 544 valence electrons. The summed E-state index contributed by atoms with van der Waals surface area (Å²) in [5.41, 5.74) is 0. The Bertz CT molecular complexity index is 2120. The minimum Gasteiger partial charge on any atom is -0.462 e. The lowest BCUT2D eigenvalue weighted by Gasteiger charge is -2.21. The van der Waals surface area contributed by atoms with Gasteiger partial charge in [0.25, 0.3) is 0 Å². The number of allylic oxidation sites excluding steroid dienone is 13. The van der Waals surface area contributed by atoms with E-state index in [1.54, 1.807) is 6.08 Å². The number of carbonyl (C=O) groups is 4. The third-order valence-electron chi connectivity index (χ3n) is 15.4. The second kappa shape index (κ2) is 67.8. The molecule has 0 rings (SSSR count). The van der Waals surface area contributed by atoms with Crippen LogP contribution in [0.15, 0.2) is 85.1 Å². The Morgan fingerprint density at radius 2 is 0.596 bits per heavy atom. The van der Waals surface area contributed by atoms with Gasteiger partial charge in [-0.05, 0) is 103 Å². The highest BCUT2D eigenvalue weighted by Crippen LogP contribution is 2.45. The Labute approximate surface area is 570 Å². The van der Waals surface area contributed by atoms with E-state index in [1.165, 1.54) is 103 Å². The lowest BCUT2D eigenvalue weighted by Crippen LogP contribution is -2.30. The first-order valence-electron chi connectivity index (χ1n) is 36.8. The van der Waals surface area contributed by atoms with Crippen molar-refractivity contribution in [2.24, 2.45) is 0 Å². The molecule has 0 aliphatic heterocycles. The zero-order valence-electron chi connectivity index (χ0n) is 59.1. The largest absolute Gasteiger partial charge is 0.472 e. The van der Waals surface area contributed by atoms with Gasteiger partial charge < -0.3 is 33.8 Å². The van der Waals surface area contributed by atoms with Crippen LogP contribution in [0.25, 0.3) is 0 Å². The Kier molecular flexibility index (Phi) is 65.1. The van der Waals surface area contributed by atoms with Crippen molar-refractivity contribution in [3.05, 3.63) is 85.1 Å². The number of carbonyl (C=O) groups excluding carboxylic acids is 4. The molecule has 5 unspecified atom stereocenters. The smallest absolute Gasteiger partial charge is 0.462 e. The van der Waals surface area contributed by atoms with Crippen molar-refractivity contribution < 1.29 is 80.2 Å². The van der Waals surface area contributed by atoms with E-state index in [0.717, 1.165) is 128 Å². The highest BCUT2D eigenvalue weighted by atomic mass is 31.2. The molecule has 0 amide bonds. The van der Waals surface area contributed by atoms with E-state index >= 15 is 0 Å². The maximum Gasteiger partial charge on any atom is 0.472 e. The normalized spacial score (nSPS) is 14.5. The maximum absolute atomic E-state index is 13.0. The second-order valence-corrected chi connectivity index (χ2v) is 27.4. The van der Waals surface area contributed by atoms with Crippen LogP contribution < -0.4 is 0 Å². The summed E-state index contributed by atoms with van der Waals surface area (Å²) in [5.74, 6) is -2.33. The number of aliphatic hydroxyl groups excluding tert-OH is 1. The summed E-state index contributed by atoms with van der Waals surface area (Å²) in [4.78, 5) is 72.6. The molecule has 0 aromatic carbocycles. The molecule has 0 saturated heterocycles. The predicted octanol–water partition coefficient (Wildman–Crippen LogP) is 20.7. The molecule has 17 nitrogen and oxygen atoms in total. The van der Waals surface area contributed by atoms with E-state index in [0.29, 0.717) is 25.7 Å². The number of hydrogen-bond acceptors (Lipinski definition) is 15. The summed E-state index contributed by atoms with van der Waals surface area (Å²) < 4.78 is 68.2. The molecule has 0 fully saturated rings. The fourth-order valence-corrected chi connectivity index (χ4v) is 11.3. The number of unbranched alkanes of at least 4 members (excludes halogenated alkanes) is 30. The molecule has 0 spiro atoms. The first-order chi connectivity index (χ1) is 45.7. The van der Waals surface area contributed by atoms with Gasteiger partial charge in [-0.1, -0.05) is 267 Å². The van der Waals surface area contributed by atoms with Gasteiger partial charge in [-0.15, -0.1) is 0 Å². The number of phosphoric ester groups is 2. The second-order valence-electron chi connectivity index (χ2n) is 24.5. The number of ether oxygens (including phenoxy) is 4. The lowest BCUT2D eigenvalue weighted by atomic mass is 10.0. The van der Waals surface area contributed by atoms with Gasteiger partial charge in [0.05, 0.1) is 32.8 Å². The minimum absolute atomic E-state index is 0.0665. The molecule has 0 radical (unpaired) electrons. The van der Waals surface area contributed by atoms with Crippen molar-refractivity contribution in [1.29, 1.82) is 0 Å². The van der Waals surface area contributed by atoms with Crippen molar-refractivity contribution in [2.45, 2.75) is 329 Å². The molecular weight excluding hydrogens is 1230 g/mol. The van der Waals surface area contributed by atoms with Crippen LogP contribution in [0.4, 0.5) is 0 Å². The van der Waals surface area contributed by atoms with Crippen LogP contribution in [-0.2, 0) is 65.4 Å². The highest BCUT2D eigenvalue weighted by Gasteiger charge is 2.30. The van der Waals surface area contributed by atoms with Gasteiger partial charge in [-0.2, -0.15) is 0 Å². The fourth-order valence-electron chi connectivity index (χ4n) is 9.75. The number of hydrogen-bond donors (Lipinski definition) is 3. The van der Waals surface area contributed by atoms with E-state index in [9.17, 15) is 43.2 Å². The summed E-state index contributed by atoms with van der Waals surface area (Å²) in [7, 11) is -9.96. The van der Waals surface area contributed by atoms with E-state index in [4.69, 9.17) is 37.0 Å². The Morgan fingerprint density at radius 1 is 0.319 bits per heavy atom. The standard InChI is InChI=1S/C75H132O17P2/c1-5-9-13-17-21-25-29-33-34-38-40-44-48-52-56-60-73(78)86-66-71(92-75(80)62-58-54-50-46-42-37-32-28-24-20-16-12-8-4)68-90-94(83,84)88-64-69(76)63-87-93(81,82)89-67-70(91-74(79)61-57-53-49-45-41-36-31-27-23-19-15-11-7-3)65-85-72(77)59-55-51-47-43-39-35-30-26-22-18-14-10-6-2/h9,13,21,25-26,28,30,32-34,40,44,52,56,69-71,76H,5-8,10-12,14-20,22-24,27,29,31,35-39,41-43,45-51,53-55,57-68H2,1-4H3,(H,81,82)(H,83,84)/b13-9-,25-21-,30-26-,32-28-,34-33-,44-40-,56-52-. The first kappa shape index (κ1) is 90.2. The van der Waals surface area contributed by atoms with Crippen LogP contribution in [0.3, 0.4) is 0 Å². The molecule has 0 aliphatic carbocycles. The highest BCUT2D eigenvalue weighted by molar-refractivity contribution is 7.47. The van der Waals surface area contributed by atoms with Crippen LogP contribution in [0.2, 0.25) is 0 Å². The first-order valence-corrected chi connectivity index (χ1v) is 39.8. The molecule has 0 bridgehead atoms. The Hall–Kier alpha value is -3.76. The quantitative estimate of drug-likeness (QED) is 0.0169. The van der Waals surface area contributed by atoms with Crippen LogP contribution in [0.5, 0.6) is 0 Å². The molecule has 0 saturated carbocycles. The van der Waals surface area contributed by atoms with E-state index in [1.807, 2.05) is 18.2 Å². The minimum atomic E-state index is -4.99. The predicted molar refractivity (Wildman–Crippen MR) is 381 cm³/mol. The third kappa shape index (κ3) is 66.8. The lowest BCUT2D eigenvalue weighted by molar-refractivity contribution is -0.161. The third-order valence-corrected chi connectivity index (χ3v) is 17.3. The average Bonchev–Trinajstić information content (AvgIpc) is 1.67. The number of esters is 4. The summed E-state index contributed by atoms with van der Waals surface area (Å²) >= 11 is 0. The van der Waals surface area contributed by atoms with E-state index < -0.39 is 97.5 Å². The summed E-state index contributed by atoms with van der Waals surface area (Å²) in [6, 6.07) is 0.